The molecule has 0 aliphatic heterocycles. The first kappa shape index (κ1) is 17.7. The van der Waals surface area contributed by atoms with Gasteiger partial charge in [0.25, 0.3) is 0 Å². The van der Waals surface area contributed by atoms with Gasteiger partial charge in [0.1, 0.15) is 0 Å². The zero-order valence-corrected chi connectivity index (χ0v) is 12.9. The van der Waals surface area contributed by atoms with Gasteiger partial charge in [0, 0.05) is 12.6 Å². The van der Waals surface area contributed by atoms with Gasteiger partial charge in [0.15, 0.2) is 0 Å². The summed E-state index contributed by atoms with van der Waals surface area (Å²) in [6, 6.07) is -0.243. The second-order valence-corrected chi connectivity index (χ2v) is 6.69. The van der Waals surface area contributed by atoms with Gasteiger partial charge >= 0.3 is 12.0 Å². The predicted octanol–water partition coefficient (Wildman–Crippen LogP) is 2.47. The second kappa shape index (κ2) is 7.36. The molecule has 0 aromatic carbocycles. The largest absolute Gasteiger partial charge is 0.481 e. The molecule has 0 saturated heterocycles. The number of rotatable bonds is 6. The molecule has 5 heteroatoms. The third kappa shape index (κ3) is 8.46. The lowest BCUT2D eigenvalue weighted by Crippen LogP contribution is -2.45. The fourth-order valence-electron chi connectivity index (χ4n) is 1.63. The zero-order chi connectivity index (χ0) is 15.2. The number of carboxylic acid groups (broad SMARTS) is 1. The van der Waals surface area contributed by atoms with Crippen molar-refractivity contribution in [2.45, 2.75) is 54.0 Å². The smallest absolute Gasteiger partial charge is 0.315 e. The van der Waals surface area contributed by atoms with E-state index in [1.165, 1.54) is 0 Å². The minimum absolute atomic E-state index is 0.0610. The number of carbonyl (C=O) groups is 2. The Balaban J connectivity index is 4.26. The van der Waals surface area contributed by atoms with Gasteiger partial charge in [-0.25, -0.2) is 4.79 Å². The van der Waals surface area contributed by atoms with Crippen molar-refractivity contribution in [3.8, 4) is 0 Å². The molecule has 0 aromatic rings. The maximum atomic E-state index is 11.6. The van der Waals surface area contributed by atoms with E-state index >= 15 is 0 Å². The average molecular weight is 272 g/mol. The van der Waals surface area contributed by atoms with Crippen molar-refractivity contribution >= 4 is 12.0 Å². The quantitative estimate of drug-likeness (QED) is 0.695. The molecule has 0 aromatic heterocycles. The molecule has 0 aliphatic rings. The molecule has 2 unspecified atom stereocenters. The molecule has 0 spiro atoms. The Morgan fingerprint density at radius 2 is 1.68 bits per heavy atom. The Bertz CT molecular complexity index is 308. The van der Waals surface area contributed by atoms with Crippen molar-refractivity contribution in [2.75, 3.05) is 6.54 Å². The van der Waals surface area contributed by atoms with Gasteiger partial charge in [0.2, 0.25) is 0 Å². The number of aliphatic carboxylic acids is 1. The van der Waals surface area contributed by atoms with Gasteiger partial charge in [-0.2, -0.15) is 0 Å². The average Bonchev–Trinajstić information content (AvgIpc) is 2.21. The van der Waals surface area contributed by atoms with Crippen molar-refractivity contribution in [1.82, 2.24) is 10.6 Å². The van der Waals surface area contributed by atoms with Crippen LogP contribution in [0.15, 0.2) is 0 Å². The highest BCUT2D eigenvalue weighted by Crippen LogP contribution is 2.24. The number of carbonyl (C=O) groups excluding carboxylic acids is 1. The topological polar surface area (TPSA) is 78.4 Å². The Morgan fingerprint density at radius 1 is 1.16 bits per heavy atom. The molecule has 2 amide bonds. The molecule has 0 bridgehead atoms. The lowest BCUT2D eigenvalue weighted by Gasteiger charge is -2.24. The summed E-state index contributed by atoms with van der Waals surface area (Å²) in [5, 5.41) is 14.6. The monoisotopic (exact) mass is 272 g/mol. The molecule has 0 fully saturated rings. The van der Waals surface area contributed by atoms with Gasteiger partial charge in [-0.05, 0) is 24.7 Å². The highest BCUT2D eigenvalue weighted by atomic mass is 16.4. The Hall–Kier alpha value is -1.26. The van der Waals surface area contributed by atoms with Crippen LogP contribution in [0, 0.1) is 17.3 Å². The van der Waals surface area contributed by atoms with Crippen molar-refractivity contribution in [1.29, 1.82) is 0 Å². The van der Waals surface area contributed by atoms with Crippen molar-refractivity contribution in [3.05, 3.63) is 0 Å². The fraction of sp³-hybridized carbons (Fsp3) is 0.857. The highest BCUT2D eigenvalue weighted by Gasteiger charge is 2.25. The van der Waals surface area contributed by atoms with Gasteiger partial charge in [-0.3, -0.25) is 4.79 Å². The summed E-state index contributed by atoms with van der Waals surface area (Å²) >= 11 is 0. The normalized spacial score (nSPS) is 14.9. The molecule has 19 heavy (non-hydrogen) atoms. The molecule has 0 radical (unpaired) electrons. The number of hydrogen-bond donors (Lipinski definition) is 3. The van der Waals surface area contributed by atoms with Crippen LogP contribution in [-0.2, 0) is 4.79 Å². The SMILES string of the molecule is CC(C)C(C)NC(=O)NCC(CC(C)(C)C)C(=O)O. The number of hydrogen-bond acceptors (Lipinski definition) is 2. The van der Waals surface area contributed by atoms with Gasteiger partial charge < -0.3 is 15.7 Å². The standard InChI is InChI=1S/C14H28N2O3/c1-9(2)10(3)16-13(19)15-8-11(12(17)18)7-14(4,5)6/h9-11H,7-8H2,1-6H3,(H,17,18)(H2,15,16,19). The van der Waals surface area contributed by atoms with E-state index in [1.54, 1.807) is 0 Å². The first-order chi connectivity index (χ1) is 8.53. The highest BCUT2D eigenvalue weighted by molar-refractivity contribution is 5.76. The molecular formula is C14H28N2O3. The first-order valence-corrected chi connectivity index (χ1v) is 6.80. The summed E-state index contributed by atoms with van der Waals surface area (Å²) in [5.74, 6) is -1.08. The minimum atomic E-state index is -0.868. The number of amides is 2. The van der Waals surface area contributed by atoms with Crippen molar-refractivity contribution in [3.63, 3.8) is 0 Å². The van der Waals surface area contributed by atoms with E-state index in [9.17, 15) is 9.59 Å². The van der Waals surface area contributed by atoms with E-state index in [-0.39, 0.29) is 24.0 Å². The Morgan fingerprint density at radius 3 is 2.05 bits per heavy atom. The second-order valence-electron chi connectivity index (χ2n) is 6.69. The molecule has 2 atom stereocenters. The summed E-state index contributed by atoms with van der Waals surface area (Å²) in [6.07, 6.45) is 0.530. The van der Waals surface area contributed by atoms with Crippen LogP contribution in [0.2, 0.25) is 0 Å². The number of urea groups is 1. The van der Waals surface area contributed by atoms with Crippen LogP contribution in [0.25, 0.3) is 0 Å². The lowest BCUT2D eigenvalue weighted by atomic mass is 9.84. The Labute approximate surface area is 116 Å². The maximum Gasteiger partial charge on any atom is 0.315 e. The van der Waals surface area contributed by atoms with Crippen LogP contribution < -0.4 is 10.6 Å². The third-order valence-corrected chi connectivity index (χ3v) is 3.08. The summed E-state index contributed by atoms with van der Waals surface area (Å²) in [5.41, 5.74) is -0.0769. The lowest BCUT2D eigenvalue weighted by molar-refractivity contribution is -0.142. The van der Waals surface area contributed by atoms with Crippen LogP contribution >= 0.6 is 0 Å². The van der Waals surface area contributed by atoms with E-state index in [0.717, 1.165) is 0 Å². The Kier molecular flexibility index (Phi) is 6.87. The first-order valence-electron chi connectivity index (χ1n) is 6.80. The summed E-state index contributed by atoms with van der Waals surface area (Å²) in [7, 11) is 0. The van der Waals surface area contributed by atoms with E-state index in [4.69, 9.17) is 5.11 Å². The predicted molar refractivity (Wildman–Crippen MR) is 76.0 cm³/mol. The summed E-state index contributed by atoms with van der Waals surface area (Å²) in [4.78, 5) is 22.8. The van der Waals surface area contributed by atoms with Crippen LogP contribution in [-0.4, -0.2) is 29.7 Å². The minimum Gasteiger partial charge on any atom is -0.481 e. The number of carboxylic acids is 1. The molecular weight excluding hydrogens is 244 g/mol. The van der Waals surface area contributed by atoms with Gasteiger partial charge in [-0.1, -0.05) is 34.6 Å². The summed E-state index contributed by atoms with van der Waals surface area (Å²) in [6.45, 7) is 12.1. The van der Waals surface area contributed by atoms with E-state index < -0.39 is 11.9 Å². The van der Waals surface area contributed by atoms with E-state index in [2.05, 4.69) is 10.6 Å². The van der Waals surface area contributed by atoms with Crippen LogP contribution in [0.3, 0.4) is 0 Å². The van der Waals surface area contributed by atoms with Gasteiger partial charge in [0.05, 0.1) is 5.92 Å². The molecule has 112 valence electrons. The maximum absolute atomic E-state index is 11.6. The van der Waals surface area contributed by atoms with Crippen molar-refractivity contribution < 1.29 is 14.7 Å². The fourth-order valence-corrected chi connectivity index (χ4v) is 1.63. The third-order valence-electron chi connectivity index (χ3n) is 3.08. The molecule has 0 aliphatic carbocycles. The van der Waals surface area contributed by atoms with Crippen LogP contribution in [0.4, 0.5) is 4.79 Å². The van der Waals surface area contributed by atoms with Crippen LogP contribution in [0.1, 0.15) is 48.0 Å². The molecule has 0 saturated carbocycles. The molecule has 5 nitrogen and oxygen atoms in total. The van der Waals surface area contributed by atoms with Crippen LogP contribution in [0.5, 0.6) is 0 Å². The van der Waals surface area contributed by atoms with E-state index in [1.807, 2.05) is 41.5 Å². The molecule has 3 N–H and O–H groups in total. The van der Waals surface area contributed by atoms with E-state index in [0.29, 0.717) is 12.3 Å². The number of nitrogens with one attached hydrogen (secondary N) is 2. The van der Waals surface area contributed by atoms with Crippen molar-refractivity contribution in [2.24, 2.45) is 17.3 Å². The molecule has 0 heterocycles. The summed E-state index contributed by atoms with van der Waals surface area (Å²) < 4.78 is 0. The zero-order valence-electron chi connectivity index (χ0n) is 12.9. The van der Waals surface area contributed by atoms with Gasteiger partial charge in [-0.15, -0.1) is 0 Å². The molecule has 0 rings (SSSR count).